The van der Waals surface area contributed by atoms with Crippen molar-refractivity contribution < 1.29 is 23.1 Å². The fourth-order valence-electron chi connectivity index (χ4n) is 2.83. The summed E-state index contributed by atoms with van der Waals surface area (Å²) in [6.45, 7) is 2.83. The molecule has 20 heavy (non-hydrogen) atoms. The first kappa shape index (κ1) is 15.2. The number of nitrogens with one attached hydrogen (secondary N) is 1. The second-order valence-corrected chi connectivity index (χ2v) is 7.92. The molecule has 2 aliphatic rings. The van der Waals surface area contributed by atoms with Crippen molar-refractivity contribution in [3.05, 3.63) is 0 Å². The maximum absolute atomic E-state index is 12.1. The molecule has 0 aromatic heterocycles. The van der Waals surface area contributed by atoms with Gasteiger partial charge in [0.05, 0.1) is 17.4 Å². The number of rotatable bonds is 3. The zero-order chi connectivity index (χ0) is 14.9. The Morgan fingerprint density at radius 1 is 1.35 bits per heavy atom. The highest BCUT2D eigenvalue weighted by Crippen LogP contribution is 2.24. The van der Waals surface area contributed by atoms with Gasteiger partial charge in [0.15, 0.2) is 9.84 Å². The molecule has 0 saturated carbocycles. The summed E-state index contributed by atoms with van der Waals surface area (Å²) in [6, 6.07) is -0.361. The number of carbonyl (C=O) groups is 2. The number of carbonyl (C=O) groups excluding carboxylic acids is 1. The van der Waals surface area contributed by atoms with E-state index in [1.165, 1.54) is 4.90 Å². The zero-order valence-corrected chi connectivity index (χ0v) is 12.2. The number of carboxylic acids is 1. The smallest absolute Gasteiger partial charge is 0.308 e. The van der Waals surface area contributed by atoms with Crippen LogP contribution in [-0.2, 0) is 19.4 Å². The molecule has 0 aliphatic carbocycles. The number of amides is 1. The standard InChI is InChI=1S/C12H20N2O5S/c1-8-5-14(6-10(8)12(16)17)11(15)4-9-7-20(18,19)3-2-13-9/h8-10,13H,2-7H2,1H3,(H,16,17). The van der Waals surface area contributed by atoms with Crippen molar-refractivity contribution in [2.45, 2.75) is 19.4 Å². The predicted molar refractivity (Wildman–Crippen MR) is 71.9 cm³/mol. The largest absolute Gasteiger partial charge is 0.481 e. The van der Waals surface area contributed by atoms with Crippen LogP contribution in [0.5, 0.6) is 0 Å². The van der Waals surface area contributed by atoms with E-state index in [-0.39, 0.29) is 42.3 Å². The molecule has 2 saturated heterocycles. The van der Waals surface area contributed by atoms with Gasteiger partial charge in [0.25, 0.3) is 0 Å². The Balaban J connectivity index is 1.91. The number of hydrogen-bond donors (Lipinski definition) is 2. The number of aliphatic carboxylic acids is 1. The van der Waals surface area contributed by atoms with Gasteiger partial charge in [-0.2, -0.15) is 0 Å². The normalized spacial score (nSPS) is 33.0. The Hall–Kier alpha value is -1.15. The van der Waals surface area contributed by atoms with Crippen molar-refractivity contribution in [1.82, 2.24) is 10.2 Å². The van der Waals surface area contributed by atoms with Crippen LogP contribution in [-0.4, -0.2) is 67.5 Å². The lowest BCUT2D eigenvalue weighted by molar-refractivity contribution is -0.142. The number of hydrogen-bond acceptors (Lipinski definition) is 5. The molecular weight excluding hydrogens is 284 g/mol. The minimum atomic E-state index is -3.06. The van der Waals surface area contributed by atoms with Crippen molar-refractivity contribution in [3.63, 3.8) is 0 Å². The molecule has 0 aromatic rings. The quantitative estimate of drug-likeness (QED) is 0.689. The summed E-state index contributed by atoms with van der Waals surface area (Å²) in [5.74, 6) is -1.56. The maximum Gasteiger partial charge on any atom is 0.308 e. The fraction of sp³-hybridized carbons (Fsp3) is 0.833. The van der Waals surface area contributed by atoms with Crippen molar-refractivity contribution in [2.75, 3.05) is 31.1 Å². The Bertz CT molecular complexity index is 504. The number of carboxylic acid groups (broad SMARTS) is 1. The van der Waals surface area contributed by atoms with Crippen LogP contribution in [0.3, 0.4) is 0 Å². The summed E-state index contributed by atoms with van der Waals surface area (Å²) in [5, 5.41) is 12.1. The molecule has 0 aromatic carbocycles. The molecule has 114 valence electrons. The summed E-state index contributed by atoms with van der Waals surface area (Å²) in [6.07, 6.45) is 0.109. The van der Waals surface area contributed by atoms with Crippen LogP contribution in [0.1, 0.15) is 13.3 Å². The molecule has 2 aliphatic heterocycles. The van der Waals surface area contributed by atoms with Gasteiger partial charge in [-0.15, -0.1) is 0 Å². The highest BCUT2D eigenvalue weighted by molar-refractivity contribution is 7.91. The molecule has 1 amide bonds. The lowest BCUT2D eigenvalue weighted by atomic mass is 9.99. The average molecular weight is 304 g/mol. The zero-order valence-electron chi connectivity index (χ0n) is 11.4. The molecule has 8 heteroatoms. The minimum Gasteiger partial charge on any atom is -0.481 e. The Kier molecular flexibility index (Phi) is 4.33. The summed E-state index contributed by atoms with van der Waals surface area (Å²) in [7, 11) is -3.06. The maximum atomic E-state index is 12.1. The van der Waals surface area contributed by atoms with Gasteiger partial charge >= 0.3 is 5.97 Å². The molecule has 2 heterocycles. The Morgan fingerprint density at radius 3 is 2.60 bits per heavy atom. The molecule has 7 nitrogen and oxygen atoms in total. The van der Waals surface area contributed by atoms with Crippen molar-refractivity contribution in [3.8, 4) is 0 Å². The monoisotopic (exact) mass is 304 g/mol. The number of nitrogens with zero attached hydrogens (tertiary/aromatic N) is 1. The van der Waals surface area contributed by atoms with E-state index >= 15 is 0 Å². The third-order valence-electron chi connectivity index (χ3n) is 4.00. The SMILES string of the molecule is CC1CN(C(=O)CC2CS(=O)(=O)CCN2)CC1C(=O)O. The first-order chi connectivity index (χ1) is 9.28. The lowest BCUT2D eigenvalue weighted by Gasteiger charge is -2.25. The molecule has 3 atom stereocenters. The van der Waals surface area contributed by atoms with Crippen LogP contribution in [0.15, 0.2) is 0 Å². The summed E-state index contributed by atoms with van der Waals surface area (Å²) in [5.41, 5.74) is 0. The Morgan fingerprint density at radius 2 is 2.05 bits per heavy atom. The molecule has 3 unspecified atom stereocenters. The topological polar surface area (TPSA) is 104 Å². The minimum absolute atomic E-state index is 0.0233. The highest BCUT2D eigenvalue weighted by atomic mass is 32.2. The van der Waals surface area contributed by atoms with Crippen LogP contribution in [0.4, 0.5) is 0 Å². The van der Waals surface area contributed by atoms with Crippen molar-refractivity contribution >= 4 is 21.7 Å². The van der Waals surface area contributed by atoms with E-state index < -0.39 is 21.7 Å². The van der Waals surface area contributed by atoms with E-state index in [0.29, 0.717) is 13.1 Å². The van der Waals surface area contributed by atoms with E-state index in [1.54, 1.807) is 0 Å². The second-order valence-electron chi connectivity index (χ2n) is 5.69. The summed E-state index contributed by atoms with van der Waals surface area (Å²) in [4.78, 5) is 24.7. The van der Waals surface area contributed by atoms with Gasteiger partial charge in [0.2, 0.25) is 5.91 Å². The van der Waals surface area contributed by atoms with E-state index in [0.717, 1.165) is 0 Å². The van der Waals surface area contributed by atoms with Crippen molar-refractivity contribution in [1.29, 1.82) is 0 Å². The van der Waals surface area contributed by atoms with Crippen LogP contribution in [0, 0.1) is 11.8 Å². The number of likely N-dealkylation sites (tertiary alicyclic amines) is 1. The lowest BCUT2D eigenvalue weighted by Crippen LogP contribution is -2.47. The fourth-order valence-corrected chi connectivity index (χ4v) is 4.27. The summed E-state index contributed by atoms with van der Waals surface area (Å²) >= 11 is 0. The van der Waals surface area contributed by atoms with Crippen molar-refractivity contribution in [2.24, 2.45) is 11.8 Å². The van der Waals surface area contributed by atoms with E-state index in [2.05, 4.69) is 5.32 Å². The third kappa shape index (κ3) is 3.49. The highest BCUT2D eigenvalue weighted by Gasteiger charge is 2.37. The molecule has 0 radical (unpaired) electrons. The third-order valence-corrected chi connectivity index (χ3v) is 5.74. The molecular formula is C12H20N2O5S. The molecule has 0 spiro atoms. The molecule has 0 bridgehead atoms. The first-order valence-corrected chi connectivity index (χ1v) is 8.55. The molecule has 2 rings (SSSR count). The van der Waals surface area contributed by atoms with E-state index in [9.17, 15) is 18.0 Å². The van der Waals surface area contributed by atoms with Gasteiger partial charge in [0.1, 0.15) is 0 Å². The van der Waals surface area contributed by atoms with Gasteiger partial charge in [-0.05, 0) is 5.92 Å². The van der Waals surface area contributed by atoms with Crippen LogP contribution < -0.4 is 5.32 Å². The van der Waals surface area contributed by atoms with Gasteiger partial charge < -0.3 is 15.3 Å². The van der Waals surface area contributed by atoms with Crippen LogP contribution in [0.2, 0.25) is 0 Å². The molecule has 2 N–H and O–H groups in total. The first-order valence-electron chi connectivity index (χ1n) is 6.73. The summed E-state index contributed by atoms with van der Waals surface area (Å²) < 4.78 is 23.0. The van der Waals surface area contributed by atoms with Gasteiger partial charge in [-0.25, -0.2) is 8.42 Å². The van der Waals surface area contributed by atoms with Crippen LogP contribution >= 0.6 is 0 Å². The number of sulfone groups is 1. The second kappa shape index (κ2) is 5.69. The Labute approximate surface area is 118 Å². The van der Waals surface area contributed by atoms with Gasteiger partial charge in [-0.3, -0.25) is 9.59 Å². The van der Waals surface area contributed by atoms with Gasteiger partial charge in [-0.1, -0.05) is 6.92 Å². The van der Waals surface area contributed by atoms with Crippen LogP contribution in [0.25, 0.3) is 0 Å². The molecule has 2 fully saturated rings. The van der Waals surface area contributed by atoms with E-state index in [4.69, 9.17) is 5.11 Å². The average Bonchev–Trinajstić information content (AvgIpc) is 2.70. The predicted octanol–water partition coefficient (Wildman–Crippen LogP) is -1.06. The van der Waals surface area contributed by atoms with E-state index in [1.807, 2.05) is 6.92 Å². The van der Waals surface area contributed by atoms with Gasteiger partial charge in [0, 0.05) is 32.1 Å².